The van der Waals surface area contributed by atoms with E-state index in [1.165, 1.54) is 12.1 Å². The van der Waals surface area contributed by atoms with E-state index in [1.54, 1.807) is 0 Å². The topological polar surface area (TPSA) is 85.5 Å². The first-order chi connectivity index (χ1) is 23.3. The van der Waals surface area contributed by atoms with Gasteiger partial charge in [0.25, 0.3) is 5.91 Å². The Labute approximate surface area is 302 Å². The lowest BCUT2D eigenvalue weighted by molar-refractivity contribution is -0.0184. The molecule has 6 rings (SSSR count). The molecule has 19 heteroatoms. The molecule has 0 aliphatic carbocycles. The van der Waals surface area contributed by atoms with Gasteiger partial charge in [0, 0.05) is 65.8 Å². The predicted octanol–water partition coefficient (Wildman–Crippen LogP) is -4.38. The quantitative estimate of drug-likeness (QED) is 0.165. The van der Waals surface area contributed by atoms with Crippen molar-refractivity contribution >= 4 is 105 Å². The number of hydrogen-bond donors (Lipinski definition) is 3. The molecule has 2 saturated heterocycles. The number of amides is 1. The lowest BCUT2D eigenvalue weighted by atomic mass is 9.48. The molecule has 2 fully saturated rings. The van der Waals surface area contributed by atoms with E-state index in [2.05, 4.69) is 91.6 Å². The second-order valence-electron chi connectivity index (χ2n) is 16.8. The number of halogens is 2. The summed E-state index contributed by atoms with van der Waals surface area (Å²) in [5.41, 5.74) is 4.45. The number of anilines is 3. The van der Waals surface area contributed by atoms with Crippen LogP contribution in [0.25, 0.3) is 10.9 Å². The molecule has 0 unspecified atom stereocenters. The molecule has 0 radical (unpaired) electrons. The van der Waals surface area contributed by atoms with E-state index in [1.807, 2.05) is 46.0 Å². The van der Waals surface area contributed by atoms with E-state index in [0.29, 0.717) is 22.3 Å². The number of H-pyrrole nitrogens is 1. The summed E-state index contributed by atoms with van der Waals surface area (Å²) in [4.78, 5) is 19.1. The van der Waals surface area contributed by atoms with Crippen LogP contribution in [0.1, 0.15) is 34.3 Å². The summed E-state index contributed by atoms with van der Waals surface area (Å²) in [6.07, 6.45) is 1.59. The molecule has 0 atom stereocenters. The van der Waals surface area contributed by atoms with Crippen LogP contribution in [0.15, 0.2) is 54.6 Å². The largest absolute Gasteiger partial charge is 0.404 e. The van der Waals surface area contributed by atoms with Crippen LogP contribution in [0.3, 0.4) is 0 Å². The van der Waals surface area contributed by atoms with Crippen LogP contribution in [0, 0.1) is 11.6 Å². The molecule has 2 aliphatic rings. The van der Waals surface area contributed by atoms with Gasteiger partial charge < -0.3 is 25.2 Å². The molecule has 1 aromatic heterocycles. The van der Waals surface area contributed by atoms with Crippen molar-refractivity contribution in [3.8, 4) is 0 Å². The number of fused-ring (bicyclic) bond motifs is 1. The van der Waals surface area contributed by atoms with Crippen LogP contribution in [0.2, 0.25) is 0 Å². The number of nitrogens with zero attached hydrogens (tertiary/aromatic N) is 3. The molecule has 3 N–H and O–H groups in total. The molecule has 3 heterocycles. The van der Waals surface area contributed by atoms with Gasteiger partial charge in [0.05, 0.1) is 11.1 Å². The summed E-state index contributed by atoms with van der Waals surface area (Å²) >= 11 is 0. The van der Waals surface area contributed by atoms with Gasteiger partial charge in [-0.05, 0) is 66.1 Å². The Morgan fingerprint density at radius 3 is 2.12 bits per heavy atom. The molecule has 1 amide bonds. The zero-order chi connectivity index (χ0) is 36.2. The Kier molecular flexibility index (Phi) is 9.65. The van der Waals surface area contributed by atoms with E-state index in [0.717, 1.165) is 67.5 Å². The third-order valence-corrected chi connectivity index (χ3v) is 10.3. The van der Waals surface area contributed by atoms with E-state index in [9.17, 15) is 13.6 Å². The fourth-order valence-electron chi connectivity index (χ4n) is 7.85. The minimum atomic E-state index is -0.716. The number of hydrogen-bond acceptors (Lipinski definition) is 6. The number of aromatic amines is 1. The Morgan fingerprint density at radius 1 is 0.860 bits per heavy atom. The second-order valence-corrected chi connectivity index (χ2v) is 16.8. The van der Waals surface area contributed by atoms with Gasteiger partial charge in [-0.15, -0.1) is 0 Å². The van der Waals surface area contributed by atoms with Crippen molar-refractivity contribution in [1.29, 1.82) is 0 Å². The fraction of sp³-hybridized carbons (Fsp3) is 0.355. The van der Waals surface area contributed by atoms with Crippen molar-refractivity contribution in [2.24, 2.45) is 0 Å². The Bertz CT molecular complexity index is 1880. The van der Waals surface area contributed by atoms with Crippen molar-refractivity contribution in [2.45, 2.75) is 40.1 Å². The monoisotopic (exact) mass is 668 g/mol. The van der Waals surface area contributed by atoms with E-state index >= 15 is 0 Å². The second kappa shape index (κ2) is 13.3. The van der Waals surface area contributed by atoms with Crippen LogP contribution in [-0.2, 0) is 9.95 Å². The third kappa shape index (κ3) is 7.89. The maximum Gasteiger partial charge on any atom is 0.258 e. The summed E-state index contributed by atoms with van der Waals surface area (Å²) in [6, 6.07) is 15.4. The molecule has 0 spiro atoms. The fourth-order valence-corrected chi connectivity index (χ4v) is 7.85. The zero-order valence-electron chi connectivity index (χ0n) is 30.9. The number of piperazine rings is 1. The van der Waals surface area contributed by atoms with Crippen LogP contribution in [0.4, 0.5) is 26.0 Å². The Morgan fingerprint density at radius 2 is 1.50 bits per heavy atom. The Balaban J connectivity index is 1.31. The number of aromatic nitrogens is 2. The molecule has 3 aromatic carbocycles. The predicted molar refractivity (Wildman–Crippen MR) is 224 cm³/mol. The highest BCUT2D eigenvalue weighted by atomic mass is 19.1. The van der Waals surface area contributed by atoms with Gasteiger partial charge in [-0.2, -0.15) is 5.10 Å². The number of carbonyl (C=O) groups excluding carboxylic acids is 1. The first-order valence-corrected chi connectivity index (χ1v) is 17.7. The van der Waals surface area contributed by atoms with Gasteiger partial charge in [-0.3, -0.25) is 9.89 Å². The minimum Gasteiger partial charge on any atom is -0.404 e. The van der Waals surface area contributed by atoms with Crippen LogP contribution < -0.4 is 15.5 Å². The molecule has 0 bridgehead atoms. The van der Waals surface area contributed by atoms with Gasteiger partial charge in [-0.25, -0.2) is 8.78 Å². The summed E-state index contributed by atoms with van der Waals surface area (Å²) in [5.74, 6) is -1.15. The lowest BCUT2D eigenvalue weighted by Gasteiger charge is -2.47. The maximum absolute atomic E-state index is 14.2. The van der Waals surface area contributed by atoms with E-state index < -0.39 is 16.8 Å². The number of rotatable bonds is 8. The van der Waals surface area contributed by atoms with E-state index in [4.69, 9.17) is 4.74 Å². The average Bonchev–Trinajstić information content (AvgIpc) is 3.40. The number of nitrogens with one attached hydrogen (secondary N) is 3. The van der Waals surface area contributed by atoms with Crippen molar-refractivity contribution in [1.82, 2.24) is 15.1 Å². The summed E-state index contributed by atoms with van der Waals surface area (Å²) in [5, 5.41) is 13.8. The number of carbonyl (C=O) groups is 1. The summed E-state index contributed by atoms with van der Waals surface area (Å²) < 4.78 is 34.7. The first-order valence-electron chi connectivity index (χ1n) is 17.7. The maximum atomic E-state index is 14.2. The SMILES string of the molecule is BC1(B)CC(Nc2cc(N3CCN(C(B)(B)B)CC3)ccc2C(=O)Nc2n[nH]c3ccc(C(B)(B)c4cc(F)cc(F)c4)cc23)CC(B)(B)O1. The molecular weight excluding hydrogens is 624 g/mol. The van der Waals surface area contributed by atoms with Gasteiger partial charge in [0.15, 0.2) is 5.82 Å². The molecule has 8 nitrogen and oxygen atoms in total. The highest BCUT2D eigenvalue weighted by Crippen LogP contribution is 2.35. The van der Waals surface area contributed by atoms with Crippen molar-refractivity contribution < 1.29 is 18.3 Å². The van der Waals surface area contributed by atoms with Crippen molar-refractivity contribution in [2.75, 3.05) is 41.7 Å². The highest BCUT2D eigenvalue weighted by molar-refractivity contribution is 6.59. The molecular formula is C31H43B9F2N6O2. The normalized spacial score (nSPS) is 18.6. The van der Waals surface area contributed by atoms with Crippen molar-refractivity contribution in [3.63, 3.8) is 0 Å². The number of benzene rings is 3. The molecule has 4 aromatic rings. The highest BCUT2D eigenvalue weighted by Gasteiger charge is 2.39. The average molecular weight is 667 g/mol. The Hall–Kier alpha value is -3.44. The van der Waals surface area contributed by atoms with Gasteiger partial charge >= 0.3 is 0 Å². The number of ether oxygens (including phenoxy) is 1. The standard InChI is InChI=1S/C31H43B9F2N6O2/c32-28(33)14-20(15-29(34,35)50-28)43-25-13-21(47-5-7-48(8-6-47)31(38,39)40)2-3-22(25)27(49)44-26-23-11-16(1-4-24(23)45-46-26)30(36,37)17-9-18(41)12-19(42)10-17/h1-4,9-13,20,43H,5-8,14-15,32-40H2,(H2,44,45,46,49). The lowest BCUT2D eigenvalue weighted by Crippen LogP contribution is -2.58. The molecule has 50 heavy (non-hydrogen) atoms. The molecule has 0 saturated carbocycles. The zero-order valence-corrected chi connectivity index (χ0v) is 30.9. The summed E-state index contributed by atoms with van der Waals surface area (Å²) in [6.45, 7) is 3.74. The van der Waals surface area contributed by atoms with Crippen molar-refractivity contribution in [3.05, 3.63) is 82.9 Å². The van der Waals surface area contributed by atoms with Crippen LogP contribution in [0.5, 0.6) is 0 Å². The van der Waals surface area contributed by atoms with Crippen LogP contribution in [-0.4, -0.2) is 140 Å². The minimum absolute atomic E-state index is 0.0944. The van der Waals surface area contributed by atoms with Crippen LogP contribution >= 0.6 is 0 Å². The van der Waals surface area contributed by atoms with Gasteiger partial charge in [0.1, 0.15) is 82.3 Å². The smallest absolute Gasteiger partial charge is 0.258 e. The first kappa shape index (κ1) is 36.4. The van der Waals surface area contributed by atoms with Gasteiger partial charge in [-0.1, -0.05) is 16.9 Å². The molecule has 2 aliphatic heterocycles. The van der Waals surface area contributed by atoms with Gasteiger partial charge in [0.2, 0.25) is 0 Å². The summed E-state index contributed by atoms with van der Waals surface area (Å²) in [7, 11) is 19.1. The molecule has 250 valence electrons. The van der Waals surface area contributed by atoms with E-state index in [-0.39, 0.29) is 28.0 Å². The third-order valence-electron chi connectivity index (χ3n) is 10.3.